The lowest BCUT2D eigenvalue weighted by atomic mass is 10.1. The molecule has 3 aromatic rings. The van der Waals surface area contributed by atoms with Crippen LogP contribution < -0.4 is 5.32 Å². The Hall–Kier alpha value is -3.19. The van der Waals surface area contributed by atoms with Crippen molar-refractivity contribution in [3.63, 3.8) is 0 Å². The third-order valence-electron chi connectivity index (χ3n) is 3.89. The molecule has 1 N–H and O–H groups in total. The fourth-order valence-electron chi connectivity index (χ4n) is 2.55. The van der Waals surface area contributed by atoms with Gasteiger partial charge in [0.15, 0.2) is 5.16 Å². The van der Waals surface area contributed by atoms with Gasteiger partial charge in [0.25, 0.3) is 5.91 Å². The maximum atomic E-state index is 12.8. The zero-order valence-electron chi connectivity index (χ0n) is 15.5. The molecule has 0 unspecified atom stereocenters. The number of nitrogens with zero attached hydrogens (tertiary/aromatic N) is 2. The molecule has 6 nitrogen and oxygen atoms in total. The molecule has 0 saturated heterocycles. The second-order valence-corrected chi connectivity index (χ2v) is 6.51. The Labute approximate surface area is 167 Å². The highest BCUT2D eigenvalue weighted by Gasteiger charge is 2.17. The molecule has 1 heterocycles. The van der Waals surface area contributed by atoms with Crippen LogP contribution in [0.3, 0.4) is 0 Å². The van der Waals surface area contributed by atoms with Crippen molar-refractivity contribution in [1.29, 1.82) is 0 Å². The van der Waals surface area contributed by atoms with Gasteiger partial charge in [0.05, 0.1) is 23.4 Å². The van der Waals surface area contributed by atoms with Gasteiger partial charge >= 0.3 is 5.97 Å². The summed E-state index contributed by atoms with van der Waals surface area (Å²) in [4.78, 5) is 33.3. The Morgan fingerprint density at radius 1 is 1.07 bits per heavy atom. The van der Waals surface area contributed by atoms with E-state index >= 15 is 0 Å². The zero-order chi connectivity index (χ0) is 19.9. The molecular weight excluding hydrogens is 374 g/mol. The van der Waals surface area contributed by atoms with E-state index in [1.54, 1.807) is 31.2 Å². The van der Waals surface area contributed by atoms with Crippen molar-refractivity contribution in [3.05, 3.63) is 71.9 Å². The maximum Gasteiger partial charge on any atom is 0.338 e. The lowest BCUT2D eigenvalue weighted by Crippen LogP contribution is -2.15. The molecule has 3 rings (SSSR count). The summed E-state index contributed by atoms with van der Waals surface area (Å²) in [6.07, 6.45) is 3.42. The first kappa shape index (κ1) is 19.6. The second-order valence-electron chi connectivity index (χ2n) is 5.74. The van der Waals surface area contributed by atoms with Gasteiger partial charge in [-0.15, -0.1) is 0 Å². The van der Waals surface area contributed by atoms with E-state index in [0.717, 1.165) is 5.56 Å². The van der Waals surface area contributed by atoms with Crippen LogP contribution in [0.5, 0.6) is 0 Å². The lowest BCUT2D eigenvalue weighted by Gasteiger charge is -2.11. The van der Waals surface area contributed by atoms with Crippen LogP contribution in [-0.2, 0) is 4.74 Å². The molecule has 0 aliphatic heterocycles. The number of rotatable bonds is 6. The SMILES string of the molecule is CCOC(=O)c1ccc(NC(=O)c2cnc(SC)nc2-c2ccccc2)cc1. The molecule has 7 heteroatoms. The van der Waals surface area contributed by atoms with Crippen LogP contribution >= 0.6 is 11.8 Å². The molecule has 0 aliphatic rings. The van der Waals surface area contributed by atoms with E-state index < -0.39 is 5.97 Å². The van der Waals surface area contributed by atoms with Crippen LogP contribution in [0.15, 0.2) is 66.0 Å². The molecule has 1 amide bonds. The maximum absolute atomic E-state index is 12.8. The molecule has 0 atom stereocenters. The minimum atomic E-state index is -0.396. The molecule has 0 bridgehead atoms. The number of hydrogen-bond acceptors (Lipinski definition) is 6. The fourth-order valence-corrected chi connectivity index (χ4v) is 2.89. The van der Waals surface area contributed by atoms with E-state index in [1.165, 1.54) is 18.0 Å². The predicted octanol–water partition coefficient (Wildman–Crippen LogP) is 4.29. The highest BCUT2D eigenvalue weighted by atomic mass is 32.2. The smallest absolute Gasteiger partial charge is 0.338 e. The first-order valence-corrected chi connectivity index (χ1v) is 9.90. The molecule has 0 aliphatic carbocycles. The third kappa shape index (κ3) is 4.55. The van der Waals surface area contributed by atoms with Crippen molar-refractivity contribution in [3.8, 4) is 11.3 Å². The van der Waals surface area contributed by atoms with Gasteiger partial charge in [0.1, 0.15) is 0 Å². The number of esters is 1. The predicted molar refractivity (Wildman–Crippen MR) is 110 cm³/mol. The molecule has 28 heavy (non-hydrogen) atoms. The largest absolute Gasteiger partial charge is 0.462 e. The summed E-state index contributed by atoms with van der Waals surface area (Å²) in [7, 11) is 0. The molecule has 142 valence electrons. The molecule has 0 saturated carbocycles. The first-order valence-electron chi connectivity index (χ1n) is 8.67. The van der Waals surface area contributed by atoms with Gasteiger partial charge in [0.2, 0.25) is 0 Å². The number of amides is 1. The van der Waals surface area contributed by atoms with Crippen molar-refractivity contribution >= 4 is 29.3 Å². The van der Waals surface area contributed by atoms with E-state index in [0.29, 0.717) is 34.3 Å². The molecule has 1 aromatic heterocycles. The summed E-state index contributed by atoms with van der Waals surface area (Å²) >= 11 is 1.41. The lowest BCUT2D eigenvalue weighted by molar-refractivity contribution is 0.0526. The Balaban J connectivity index is 1.86. The van der Waals surface area contributed by atoms with Gasteiger partial charge in [-0.05, 0) is 37.4 Å². The van der Waals surface area contributed by atoms with Crippen molar-refractivity contribution in [2.75, 3.05) is 18.2 Å². The van der Waals surface area contributed by atoms with Crippen LogP contribution in [-0.4, -0.2) is 34.7 Å². The zero-order valence-corrected chi connectivity index (χ0v) is 16.3. The number of aromatic nitrogens is 2. The van der Waals surface area contributed by atoms with Crippen LogP contribution in [0.1, 0.15) is 27.6 Å². The van der Waals surface area contributed by atoms with Crippen LogP contribution in [0, 0.1) is 0 Å². The molecule has 0 spiro atoms. The van der Waals surface area contributed by atoms with E-state index in [2.05, 4.69) is 15.3 Å². The third-order valence-corrected chi connectivity index (χ3v) is 4.46. The Morgan fingerprint density at radius 3 is 2.43 bits per heavy atom. The minimum Gasteiger partial charge on any atom is -0.462 e. The highest BCUT2D eigenvalue weighted by molar-refractivity contribution is 7.98. The van der Waals surface area contributed by atoms with Gasteiger partial charge in [-0.3, -0.25) is 4.79 Å². The van der Waals surface area contributed by atoms with Crippen molar-refractivity contribution < 1.29 is 14.3 Å². The summed E-state index contributed by atoms with van der Waals surface area (Å²) in [5, 5.41) is 3.42. The number of benzene rings is 2. The van der Waals surface area contributed by atoms with Crippen LogP contribution in [0.4, 0.5) is 5.69 Å². The van der Waals surface area contributed by atoms with Gasteiger partial charge in [0, 0.05) is 17.4 Å². The fraction of sp³-hybridized carbons (Fsp3) is 0.143. The van der Waals surface area contributed by atoms with Crippen molar-refractivity contribution in [1.82, 2.24) is 9.97 Å². The normalized spacial score (nSPS) is 10.4. The van der Waals surface area contributed by atoms with Gasteiger partial charge in [-0.1, -0.05) is 42.1 Å². The summed E-state index contributed by atoms with van der Waals surface area (Å²) in [5.74, 6) is -0.719. The number of ether oxygens (including phenoxy) is 1. The van der Waals surface area contributed by atoms with Gasteiger partial charge in [-0.25, -0.2) is 14.8 Å². The number of anilines is 1. The van der Waals surface area contributed by atoms with E-state index in [9.17, 15) is 9.59 Å². The Bertz CT molecular complexity index is 976. The van der Waals surface area contributed by atoms with Crippen LogP contribution in [0.25, 0.3) is 11.3 Å². The topological polar surface area (TPSA) is 81.2 Å². The number of carbonyl (C=O) groups excluding carboxylic acids is 2. The highest BCUT2D eigenvalue weighted by Crippen LogP contribution is 2.24. The number of hydrogen-bond donors (Lipinski definition) is 1. The van der Waals surface area contributed by atoms with E-state index in [1.807, 2.05) is 36.6 Å². The van der Waals surface area contributed by atoms with Gasteiger partial charge in [-0.2, -0.15) is 0 Å². The quantitative estimate of drug-likeness (QED) is 0.382. The van der Waals surface area contributed by atoms with Gasteiger partial charge < -0.3 is 10.1 Å². The van der Waals surface area contributed by atoms with E-state index in [-0.39, 0.29) is 5.91 Å². The molecule has 0 fully saturated rings. The Morgan fingerprint density at radius 2 is 1.79 bits per heavy atom. The molecule has 2 aromatic carbocycles. The number of nitrogens with one attached hydrogen (secondary N) is 1. The first-order chi connectivity index (χ1) is 13.6. The van der Waals surface area contributed by atoms with Crippen molar-refractivity contribution in [2.45, 2.75) is 12.1 Å². The Kier molecular flexibility index (Phi) is 6.39. The molecular formula is C21H19N3O3S. The summed E-state index contributed by atoms with van der Waals surface area (Å²) in [6.45, 7) is 2.06. The van der Waals surface area contributed by atoms with Crippen LogP contribution in [0.2, 0.25) is 0 Å². The minimum absolute atomic E-state index is 0.311. The standard InChI is InChI=1S/C21H19N3O3S/c1-3-27-20(26)15-9-11-16(12-10-15)23-19(25)17-13-22-21(28-2)24-18(17)14-7-5-4-6-8-14/h4-13H,3H2,1-2H3,(H,23,25). The number of carbonyl (C=O) groups is 2. The van der Waals surface area contributed by atoms with E-state index in [4.69, 9.17) is 4.74 Å². The second kappa shape index (κ2) is 9.14. The monoisotopic (exact) mass is 393 g/mol. The average molecular weight is 393 g/mol. The summed E-state index contributed by atoms with van der Waals surface area (Å²) in [6, 6.07) is 16.0. The summed E-state index contributed by atoms with van der Waals surface area (Å²) < 4.78 is 4.96. The average Bonchev–Trinajstić information content (AvgIpc) is 2.74. The van der Waals surface area contributed by atoms with Crippen molar-refractivity contribution in [2.24, 2.45) is 0 Å². The summed E-state index contributed by atoms with van der Waals surface area (Å²) in [5.41, 5.74) is 2.77. The number of thioether (sulfide) groups is 1. The molecule has 0 radical (unpaired) electrons.